The average molecular weight is 557 g/mol. The van der Waals surface area contributed by atoms with Gasteiger partial charge in [-0.05, 0) is 60.7 Å². The van der Waals surface area contributed by atoms with Crippen molar-refractivity contribution >= 4 is 62.5 Å². The fourth-order valence-electron chi connectivity index (χ4n) is 3.66. The second kappa shape index (κ2) is 13.2. The van der Waals surface area contributed by atoms with Crippen LogP contribution >= 0.6 is 23.2 Å². The third kappa shape index (κ3) is 7.31. The summed E-state index contributed by atoms with van der Waals surface area (Å²) in [5.74, 6) is 1.07. The van der Waals surface area contributed by atoms with E-state index in [2.05, 4.69) is 33.1 Å². The molecule has 0 aliphatic rings. The molecule has 0 aliphatic heterocycles. The van der Waals surface area contributed by atoms with Gasteiger partial charge >= 0.3 is 0 Å². The molecule has 0 spiro atoms. The van der Waals surface area contributed by atoms with Gasteiger partial charge in [0.1, 0.15) is 18.5 Å². The Morgan fingerprint density at radius 1 is 1.11 bits per heavy atom. The maximum absolute atomic E-state index is 9.59. The van der Waals surface area contributed by atoms with E-state index >= 15 is 0 Å². The van der Waals surface area contributed by atoms with Gasteiger partial charge in [0, 0.05) is 17.9 Å². The summed E-state index contributed by atoms with van der Waals surface area (Å²) in [5, 5.41) is 9.96. The number of hydrogen-bond donors (Lipinski definition) is 1. The molecule has 1 atom stereocenters. The lowest BCUT2D eigenvalue weighted by molar-refractivity contribution is 0.342. The Morgan fingerprint density at radius 2 is 1.78 bits per heavy atom. The average Bonchev–Trinajstić information content (AvgIpc) is 2.88. The number of nitriles is 1. The van der Waals surface area contributed by atoms with Crippen LogP contribution in [0.5, 0.6) is 5.75 Å². The number of hydrogen-bond acceptors (Lipinski definition) is 8. The van der Waals surface area contributed by atoms with Crippen molar-refractivity contribution in [3.05, 3.63) is 71.4 Å². The number of ether oxygens (including phenoxy) is 1. The highest BCUT2D eigenvalue weighted by Gasteiger charge is 2.16. The van der Waals surface area contributed by atoms with Gasteiger partial charge in [0.05, 0.1) is 33.7 Å². The molecule has 0 bridgehead atoms. The van der Waals surface area contributed by atoms with Gasteiger partial charge in [0.2, 0.25) is 0 Å². The highest BCUT2D eigenvalue weighted by Crippen LogP contribution is 2.36. The van der Waals surface area contributed by atoms with Crippen molar-refractivity contribution in [2.75, 3.05) is 35.9 Å². The summed E-state index contributed by atoms with van der Waals surface area (Å²) in [6.45, 7) is 3.01. The zero-order valence-electron chi connectivity index (χ0n) is 20.1. The van der Waals surface area contributed by atoms with E-state index in [0.29, 0.717) is 34.6 Å². The number of fused-ring (bicyclic) bond motifs is 1. The van der Waals surface area contributed by atoms with Gasteiger partial charge in [-0.25, -0.2) is 4.98 Å². The zero-order chi connectivity index (χ0) is 26.9. The van der Waals surface area contributed by atoms with Crippen LogP contribution < -0.4 is 15.4 Å². The summed E-state index contributed by atoms with van der Waals surface area (Å²) in [7, 11) is 0. The van der Waals surface area contributed by atoms with Crippen molar-refractivity contribution in [2.24, 2.45) is 0 Å². The molecule has 1 unspecified atom stereocenters. The van der Waals surface area contributed by atoms with Gasteiger partial charge in [-0.15, -0.1) is 11.6 Å². The topological polar surface area (TPSA) is 128 Å². The number of nitrogen functional groups attached to an aromatic ring is 1. The molecule has 0 saturated carbocycles. The molecule has 8 nitrogen and oxygen atoms in total. The number of nitrogens with two attached hydrogens (primary N) is 1. The Bertz CT molecular complexity index is 1440. The minimum atomic E-state index is -1.86. The Morgan fingerprint density at radius 3 is 2.41 bits per heavy atom. The second-order valence-corrected chi connectivity index (χ2v) is 9.23. The van der Waals surface area contributed by atoms with Crippen LogP contribution in [0.2, 0.25) is 5.02 Å². The van der Waals surface area contributed by atoms with E-state index in [-0.39, 0.29) is 6.61 Å². The summed E-state index contributed by atoms with van der Waals surface area (Å²) < 4.78 is 23.6. The van der Waals surface area contributed by atoms with E-state index in [1.165, 1.54) is 0 Å². The van der Waals surface area contributed by atoms with E-state index in [1.54, 1.807) is 18.3 Å². The number of aromatic nitrogens is 2. The molecule has 0 amide bonds. The normalized spacial score (nSPS) is 11.2. The fraction of sp³-hybridized carbons (Fsp3) is 0.192. The quantitative estimate of drug-likeness (QED) is 0.227. The third-order valence-electron chi connectivity index (χ3n) is 5.17. The molecule has 4 rings (SSSR count). The predicted octanol–water partition coefficient (Wildman–Crippen LogP) is 5.67. The number of anilines is 3. The van der Waals surface area contributed by atoms with E-state index in [4.69, 9.17) is 42.4 Å². The van der Waals surface area contributed by atoms with E-state index in [0.717, 1.165) is 39.8 Å². The molecule has 0 radical (unpaired) electrons. The van der Waals surface area contributed by atoms with Crippen LogP contribution in [-0.2, 0) is 11.1 Å². The molecule has 192 valence electrons. The minimum Gasteiger partial charge on any atom is -0.773 e. The predicted molar refractivity (Wildman–Crippen MR) is 149 cm³/mol. The van der Waals surface area contributed by atoms with Crippen LogP contribution in [0.25, 0.3) is 22.2 Å². The van der Waals surface area contributed by atoms with Crippen molar-refractivity contribution in [3.63, 3.8) is 0 Å². The number of halogens is 2. The number of benzene rings is 3. The summed E-state index contributed by atoms with van der Waals surface area (Å²) in [6.07, 6.45) is 2.64. The van der Waals surface area contributed by atoms with Crippen LogP contribution in [0.1, 0.15) is 12.5 Å². The Kier molecular flexibility index (Phi) is 10.1. The molecule has 3 aromatic carbocycles. The molecule has 1 aromatic heterocycles. The smallest absolute Gasteiger partial charge is 0.155 e. The monoisotopic (exact) mass is 556 g/mol. The molecule has 11 heteroatoms. The van der Waals surface area contributed by atoms with Gasteiger partial charge in [0.25, 0.3) is 0 Å². The third-order valence-corrected chi connectivity index (χ3v) is 5.61. The lowest BCUT2D eigenvalue weighted by atomic mass is 10.0. The summed E-state index contributed by atoms with van der Waals surface area (Å²) in [6, 6.07) is 19.8. The molecule has 37 heavy (non-hydrogen) atoms. The van der Waals surface area contributed by atoms with Crippen molar-refractivity contribution in [2.45, 2.75) is 6.92 Å². The van der Waals surface area contributed by atoms with Crippen LogP contribution in [0.15, 0.2) is 60.8 Å². The summed E-state index contributed by atoms with van der Waals surface area (Å²) >= 11 is 10.3. The van der Waals surface area contributed by atoms with E-state index in [9.17, 15) is 5.26 Å². The number of nitrogens with zero attached hydrogens (tertiary/aromatic N) is 4. The largest absolute Gasteiger partial charge is 0.773 e. The number of rotatable bonds is 7. The lowest BCUT2D eigenvalue weighted by Gasteiger charge is -2.25. The highest BCUT2D eigenvalue weighted by atomic mass is 35.5. The standard InChI is InChI=1S/C25H21Cl2N5O.CH4O2S/c1-2-32(20-11-18(14-28)25(21(27)13-20)33-10-9-26)19-6-3-16(4-7-19)17-5-8-22-23(12-17)30-15-24(29)31-22;1-4(2)3/h3-8,11-13,15H,2,9-10H2,1H3,(H2,29,31);1H3,(H,2,3)/p-1. The Labute approximate surface area is 227 Å². The van der Waals surface area contributed by atoms with Gasteiger partial charge in [-0.3, -0.25) is 9.19 Å². The molecule has 0 fully saturated rings. The van der Waals surface area contributed by atoms with Crippen molar-refractivity contribution in [1.29, 1.82) is 5.26 Å². The summed E-state index contributed by atoms with van der Waals surface area (Å²) in [5.41, 5.74) is 11.5. The van der Waals surface area contributed by atoms with Crippen LogP contribution in [0.3, 0.4) is 0 Å². The molecule has 1 heterocycles. The van der Waals surface area contributed by atoms with Gasteiger partial charge < -0.3 is 19.9 Å². The first-order valence-corrected chi connectivity index (χ1v) is 13.5. The van der Waals surface area contributed by atoms with Crippen molar-refractivity contribution in [1.82, 2.24) is 9.97 Å². The Balaban J connectivity index is 0.000000886. The summed E-state index contributed by atoms with van der Waals surface area (Å²) in [4.78, 5) is 10.7. The fourth-order valence-corrected chi connectivity index (χ4v) is 4.00. The SMILES string of the molecule is CCN(c1ccc(-c2ccc3nc(N)cnc3c2)cc1)c1cc(Cl)c(OCCCl)c(C#N)c1.CS(=O)[O-]. The molecule has 4 aromatic rings. The van der Waals surface area contributed by atoms with Crippen LogP contribution in [0.4, 0.5) is 17.2 Å². The minimum absolute atomic E-state index is 0.280. The first-order chi connectivity index (χ1) is 17.8. The first-order valence-electron chi connectivity index (χ1n) is 11.1. The van der Waals surface area contributed by atoms with Gasteiger partial charge in [0.15, 0.2) is 5.75 Å². The molecular weight excluding hydrogens is 533 g/mol. The van der Waals surface area contributed by atoms with Crippen molar-refractivity contribution < 1.29 is 13.5 Å². The zero-order valence-corrected chi connectivity index (χ0v) is 22.5. The van der Waals surface area contributed by atoms with Crippen molar-refractivity contribution in [3.8, 4) is 22.9 Å². The van der Waals surface area contributed by atoms with Gasteiger partial charge in [-0.1, -0.05) is 40.9 Å². The maximum atomic E-state index is 9.59. The van der Waals surface area contributed by atoms with Crippen LogP contribution in [-0.4, -0.2) is 44.0 Å². The maximum Gasteiger partial charge on any atom is 0.155 e. The molecule has 2 N–H and O–H groups in total. The first kappa shape index (κ1) is 28.2. The van der Waals surface area contributed by atoms with E-state index in [1.807, 2.05) is 37.3 Å². The van der Waals surface area contributed by atoms with E-state index < -0.39 is 11.1 Å². The number of alkyl halides is 1. The highest BCUT2D eigenvalue weighted by molar-refractivity contribution is 7.78. The lowest BCUT2D eigenvalue weighted by Crippen LogP contribution is -2.16. The van der Waals surface area contributed by atoms with Gasteiger partial charge in [-0.2, -0.15) is 5.26 Å². The molecule has 0 saturated heterocycles. The Hall–Kier alpha value is -3.42. The molecule has 0 aliphatic carbocycles. The molecular formula is C26H24Cl2N5O3S-. The van der Waals surface area contributed by atoms with Crippen LogP contribution in [0, 0.1) is 11.3 Å². The second-order valence-electron chi connectivity index (χ2n) is 7.64.